The first-order valence-corrected chi connectivity index (χ1v) is 7.46. The lowest BCUT2D eigenvalue weighted by atomic mass is 10.1. The molecule has 0 saturated carbocycles. The number of benzene rings is 1. The maximum absolute atomic E-state index is 6.03. The number of nitrogens with zero attached hydrogens (tertiary/aromatic N) is 2. The maximum atomic E-state index is 6.03. The second kappa shape index (κ2) is 6.10. The van der Waals surface area contributed by atoms with Gasteiger partial charge in [0.2, 0.25) is 0 Å². The Labute approximate surface area is 117 Å². The summed E-state index contributed by atoms with van der Waals surface area (Å²) in [5, 5.41) is 4.61. The van der Waals surface area contributed by atoms with Crippen molar-refractivity contribution in [3.05, 3.63) is 29.6 Å². The van der Waals surface area contributed by atoms with Crippen LogP contribution >= 0.6 is 11.8 Å². The first-order valence-electron chi connectivity index (χ1n) is 6.41. The number of thioether (sulfide) groups is 1. The molecule has 0 aliphatic carbocycles. The van der Waals surface area contributed by atoms with Crippen LogP contribution in [0.4, 0.5) is 5.69 Å². The molecule has 1 atom stereocenters. The highest BCUT2D eigenvalue weighted by Crippen LogP contribution is 2.27. The van der Waals surface area contributed by atoms with Gasteiger partial charge in [0, 0.05) is 10.9 Å². The molecule has 0 fully saturated rings. The number of anilines is 1. The van der Waals surface area contributed by atoms with E-state index < -0.39 is 0 Å². The van der Waals surface area contributed by atoms with Gasteiger partial charge in [-0.25, -0.2) is 0 Å². The highest BCUT2D eigenvalue weighted by molar-refractivity contribution is 7.99. The van der Waals surface area contributed by atoms with Crippen molar-refractivity contribution in [2.24, 2.45) is 0 Å². The van der Waals surface area contributed by atoms with Crippen molar-refractivity contribution in [2.45, 2.75) is 38.2 Å². The minimum Gasteiger partial charge on any atom is -0.398 e. The third kappa shape index (κ3) is 3.29. The molecule has 0 saturated heterocycles. The number of para-hydroxylation sites is 1. The summed E-state index contributed by atoms with van der Waals surface area (Å²) in [6.07, 6.45) is 1.14. The Balaban J connectivity index is 2.14. The van der Waals surface area contributed by atoms with Crippen LogP contribution in [0.5, 0.6) is 0 Å². The van der Waals surface area contributed by atoms with Crippen molar-refractivity contribution in [1.82, 2.24) is 10.1 Å². The zero-order valence-corrected chi connectivity index (χ0v) is 12.3. The van der Waals surface area contributed by atoms with E-state index in [1.807, 2.05) is 36.9 Å². The average Bonchev–Trinajstić information content (AvgIpc) is 2.87. The summed E-state index contributed by atoms with van der Waals surface area (Å²) in [6.45, 7) is 6.34. The lowest BCUT2D eigenvalue weighted by Gasteiger charge is -2.04. The first kappa shape index (κ1) is 13.9. The molecule has 19 heavy (non-hydrogen) atoms. The van der Waals surface area contributed by atoms with Gasteiger partial charge in [-0.2, -0.15) is 16.7 Å². The monoisotopic (exact) mass is 277 g/mol. The molecule has 4 nitrogen and oxygen atoms in total. The molecule has 0 radical (unpaired) electrons. The van der Waals surface area contributed by atoms with Crippen LogP contribution in [0.3, 0.4) is 0 Å². The fourth-order valence-electron chi connectivity index (χ4n) is 1.62. The van der Waals surface area contributed by atoms with Crippen LogP contribution in [0.2, 0.25) is 0 Å². The number of hydrogen-bond donors (Lipinski definition) is 1. The van der Waals surface area contributed by atoms with Crippen LogP contribution in [0.15, 0.2) is 22.7 Å². The highest BCUT2D eigenvalue weighted by Gasteiger charge is 2.13. The van der Waals surface area contributed by atoms with Crippen molar-refractivity contribution in [1.29, 1.82) is 0 Å². The van der Waals surface area contributed by atoms with Crippen LogP contribution < -0.4 is 5.73 Å². The number of rotatable bonds is 5. The fraction of sp³-hybridized carbons (Fsp3) is 0.429. The molecule has 0 amide bonds. The largest absolute Gasteiger partial charge is 0.398 e. The Morgan fingerprint density at radius 2 is 2.21 bits per heavy atom. The van der Waals surface area contributed by atoms with Gasteiger partial charge < -0.3 is 10.3 Å². The second-order valence-electron chi connectivity index (χ2n) is 4.58. The molecule has 2 rings (SSSR count). The lowest BCUT2D eigenvalue weighted by Crippen LogP contribution is -1.95. The van der Waals surface area contributed by atoms with Crippen LogP contribution in [0.25, 0.3) is 11.5 Å². The smallest absolute Gasteiger partial charge is 0.260 e. The predicted octanol–water partition coefficient (Wildman–Crippen LogP) is 3.66. The molecule has 1 unspecified atom stereocenters. The quantitative estimate of drug-likeness (QED) is 0.845. The first-order chi connectivity index (χ1) is 9.11. The Morgan fingerprint density at radius 3 is 2.95 bits per heavy atom. The molecule has 1 aromatic carbocycles. The van der Waals surface area contributed by atoms with Crippen molar-refractivity contribution in [3.8, 4) is 11.5 Å². The number of hydrogen-bond acceptors (Lipinski definition) is 5. The SMILES string of the molecule is CCC(C)SCc1noc(-c2cccc(C)c2N)n1. The minimum absolute atomic E-state index is 0.501. The van der Waals surface area contributed by atoms with E-state index in [0.717, 1.165) is 29.1 Å². The summed E-state index contributed by atoms with van der Waals surface area (Å²) in [4.78, 5) is 4.41. The van der Waals surface area contributed by atoms with E-state index in [4.69, 9.17) is 10.3 Å². The summed E-state index contributed by atoms with van der Waals surface area (Å²) in [5.41, 5.74) is 8.57. The van der Waals surface area contributed by atoms with Gasteiger partial charge in [-0.1, -0.05) is 31.1 Å². The minimum atomic E-state index is 0.501. The van der Waals surface area contributed by atoms with Gasteiger partial charge in [0.15, 0.2) is 5.82 Å². The summed E-state index contributed by atoms with van der Waals surface area (Å²) >= 11 is 1.83. The predicted molar refractivity (Wildman–Crippen MR) is 79.9 cm³/mol. The van der Waals surface area contributed by atoms with E-state index >= 15 is 0 Å². The molecule has 0 aliphatic rings. The zero-order valence-electron chi connectivity index (χ0n) is 11.5. The van der Waals surface area contributed by atoms with E-state index in [1.54, 1.807) is 0 Å². The lowest BCUT2D eigenvalue weighted by molar-refractivity contribution is 0.425. The summed E-state index contributed by atoms with van der Waals surface area (Å²) in [6, 6.07) is 5.81. The normalized spacial score (nSPS) is 12.6. The van der Waals surface area contributed by atoms with Crippen molar-refractivity contribution in [2.75, 3.05) is 5.73 Å². The molecule has 2 N–H and O–H groups in total. The standard InChI is InChI=1S/C14H19N3OS/c1-4-10(3)19-8-12-16-14(18-17-12)11-7-5-6-9(2)13(11)15/h5-7,10H,4,8,15H2,1-3H3. The van der Waals surface area contributed by atoms with Gasteiger partial charge in [0.25, 0.3) is 5.89 Å². The Kier molecular flexibility index (Phi) is 4.47. The molecule has 5 heteroatoms. The molecule has 1 heterocycles. The van der Waals surface area contributed by atoms with Gasteiger partial charge in [-0.05, 0) is 25.0 Å². The van der Waals surface area contributed by atoms with Gasteiger partial charge >= 0.3 is 0 Å². The number of nitrogen functional groups attached to an aromatic ring is 1. The fourth-order valence-corrected chi connectivity index (χ4v) is 2.41. The molecule has 1 aromatic heterocycles. The third-order valence-corrected chi connectivity index (χ3v) is 4.42. The van der Waals surface area contributed by atoms with Crippen molar-refractivity contribution in [3.63, 3.8) is 0 Å². The van der Waals surface area contributed by atoms with Gasteiger partial charge in [0.05, 0.1) is 11.3 Å². The molecule has 2 aromatic rings. The van der Waals surface area contributed by atoms with Crippen LogP contribution in [-0.4, -0.2) is 15.4 Å². The topological polar surface area (TPSA) is 64.9 Å². The number of aryl methyl sites for hydroxylation is 1. The molecular weight excluding hydrogens is 258 g/mol. The van der Waals surface area contributed by atoms with E-state index in [1.165, 1.54) is 0 Å². The van der Waals surface area contributed by atoms with E-state index in [-0.39, 0.29) is 0 Å². The summed E-state index contributed by atoms with van der Waals surface area (Å²) in [5.74, 6) is 1.99. The van der Waals surface area contributed by atoms with E-state index in [9.17, 15) is 0 Å². The molecular formula is C14H19N3OS. The summed E-state index contributed by atoms with van der Waals surface area (Å²) in [7, 11) is 0. The Morgan fingerprint density at radius 1 is 1.42 bits per heavy atom. The second-order valence-corrected chi connectivity index (χ2v) is 6.01. The summed E-state index contributed by atoms with van der Waals surface area (Å²) < 4.78 is 5.30. The van der Waals surface area contributed by atoms with Crippen LogP contribution in [0, 0.1) is 6.92 Å². The number of nitrogens with two attached hydrogens (primary N) is 1. The molecule has 0 aliphatic heterocycles. The highest BCUT2D eigenvalue weighted by atomic mass is 32.2. The van der Waals surface area contributed by atoms with Crippen molar-refractivity contribution >= 4 is 17.4 Å². The van der Waals surface area contributed by atoms with Gasteiger partial charge in [-0.15, -0.1) is 0 Å². The van der Waals surface area contributed by atoms with Crippen LogP contribution in [-0.2, 0) is 5.75 Å². The zero-order chi connectivity index (χ0) is 13.8. The molecule has 0 spiro atoms. The van der Waals surface area contributed by atoms with Gasteiger partial charge in [0.1, 0.15) is 0 Å². The Bertz CT molecular complexity index is 553. The Hall–Kier alpha value is -1.49. The average molecular weight is 277 g/mol. The third-order valence-electron chi connectivity index (χ3n) is 3.09. The molecule has 102 valence electrons. The molecule has 0 bridgehead atoms. The van der Waals surface area contributed by atoms with Crippen molar-refractivity contribution < 1.29 is 4.52 Å². The van der Waals surface area contributed by atoms with E-state index in [0.29, 0.717) is 16.8 Å². The number of aromatic nitrogens is 2. The van der Waals surface area contributed by atoms with Crippen LogP contribution in [0.1, 0.15) is 31.7 Å². The van der Waals surface area contributed by atoms with Gasteiger partial charge in [-0.3, -0.25) is 0 Å². The van der Waals surface area contributed by atoms with E-state index in [2.05, 4.69) is 24.0 Å². The maximum Gasteiger partial charge on any atom is 0.260 e.